The van der Waals surface area contributed by atoms with Crippen molar-refractivity contribution in [2.45, 2.75) is 19.8 Å². The molecular weight excluding hydrogens is 322 g/mol. The number of hydrogen-bond donors (Lipinski definition) is 2. The van der Waals surface area contributed by atoms with Gasteiger partial charge < -0.3 is 10.6 Å². The number of nitrogens with one attached hydrogen (secondary N) is 2. The summed E-state index contributed by atoms with van der Waals surface area (Å²) in [6, 6.07) is 12.9. The summed E-state index contributed by atoms with van der Waals surface area (Å²) in [6.07, 6.45) is 1.02. The van der Waals surface area contributed by atoms with E-state index in [2.05, 4.69) is 10.6 Å². The normalized spacial score (nSPS) is 10.1. The zero-order valence-corrected chi connectivity index (χ0v) is 13.8. The standard InChI is InChI=1S/C18H19N3O4/c1-2-13-4-3-5-15(12-13)20-17(22)10-11-19-18(23)14-6-8-16(9-7-14)21(24)25/h3-9,12H,2,10-11H2,1H3,(H,19,23)(H,20,22). The van der Waals surface area contributed by atoms with Crippen molar-refractivity contribution in [1.82, 2.24) is 5.32 Å². The summed E-state index contributed by atoms with van der Waals surface area (Å²) in [5, 5.41) is 16.0. The van der Waals surface area contributed by atoms with Crippen LogP contribution in [0, 0.1) is 10.1 Å². The van der Waals surface area contributed by atoms with Crippen LogP contribution in [0.2, 0.25) is 0 Å². The molecule has 0 spiro atoms. The van der Waals surface area contributed by atoms with Crippen molar-refractivity contribution in [1.29, 1.82) is 0 Å². The van der Waals surface area contributed by atoms with Gasteiger partial charge in [0.15, 0.2) is 0 Å². The molecule has 2 amide bonds. The van der Waals surface area contributed by atoms with Gasteiger partial charge in [-0.2, -0.15) is 0 Å². The second-order valence-corrected chi connectivity index (χ2v) is 5.41. The zero-order valence-electron chi connectivity index (χ0n) is 13.8. The number of benzene rings is 2. The lowest BCUT2D eigenvalue weighted by Crippen LogP contribution is -2.27. The van der Waals surface area contributed by atoms with Crippen LogP contribution in [0.3, 0.4) is 0 Å². The highest BCUT2D eigenvalue weighted by molar-refractivity contribution is 5.95. The van der Waals surface area contributed by atoms with Gasteiger partial charge in [0.1, 0.15) is 0 Å². The predicted octanol–water partition coefficient (Wildman–Crippen LogP) is 2.92. The molecule has 130 valence electrons. The second kappa shape index (κ2) is 8.58. The Kier molecular flexibility index (Phi) is 6.22. The van der Waals surface area contributed by atoms with E-state index in [0.29, 0.717) is 5.56 Å². The number of nitrogens with zero attached hydrogens (tertiary/aromatic N) is 1. The van der Waals surface area contributed by atoms with Crippen molar-refractivity contribution < 1.29 is 14.5 Å². The molecule has 2 N–H and O–H groups in total. The third-order valence-electron chi connectivity index (χ3n) is 3.60. The molecule has 0 fully saturated rings. The summed E-state index contributed by atoms with van der Waals surface area (Å²) in [7, 11) is 0. The Morgan fingerprint density at radius 3 is 2.48 bits per heavy atom. The highest BCUT2D eigenvalue weighted by Crippen LogP contribution is 2.12. The fourth-order valence-electron chi connectivity index (χ4n) is 2.22. The minimum Gasteiger partial charge on any atom is -0.352 e. The number of rotatable bonds is 7. The fraction of sp³-hybridized carbons (Fsp3) is 0.222. The van der Waals surface area contributed by atoms with Gasteiger partial charge in [0.25, 0.3) is 11.6 Å². The lowest BCUT2D eigenvalue weighted by molar-refractivity contribution is -0.384. The van der Waals surface area contributed by atoms with Crippen LogP contribution in [0.5, 0.6) is 0 Å². The number of hydrogen-bond acceptors (Lipinski definition) is 4. The largest absolute Gasteiger partial charge is 0.352 e. The first-order chi connectivity index (χ1) is 12.0. The maximum atomic E-state index is 11.9. The number of amides is 2. The molecule has 0 atom stereocenters. The van der Waals surface area contributed by atoms with Crippen molar-refractivity contribution in [3.8, 4) is 0 Å². The summed E-state index contributed by atoms with van der Waals surface area (Å²) >= 11 is 0. The molecule has 2 aromatic carbocycles. The lowest BCUT2D eigenvalue weighted by atomic mass is 10.1. The van der Waals surface area contributed by atoms with E-state index < -0.39 is 4.92 Å². The topological polar surface area (TPSA) is 101 Å². The van der Waals surface area contributed by atoms with Gasteiger partial charge in [-0.3, -0.25) is 19.7 Å². The molecule has 0 aliphatic carbocycles. The predicted molar refractivity (Wildman–Crippen MR) is 94.5 cm³/mol. The lowest BCUT2D eigenvalue weighted by Gasteiger charge is -2.08. The van der Waals surface area contributed by atoms with E-state index in [1.165, 1.54) is 24.3 Å². The van der Waals surface area contributed by atoms with Crippen molar-refractivity contribution in [3.05, 3.63) is 69.8 Å². The van der Waals surface area contributed by atoms with E-state index in [1.807, 2.05) is 31.2 Å². The average molecular weight is 341 g/mol. The van der Waals surface area contributed by atoms with Crippen LogP contribution in [0.15, 0.2) is 48.5 Å². The Hall–Kier alpha value is -3.22. The Balaban J connectivity index is 1.80. The second-order valence-electron chi connectivity index (χ2n) is 5.41. The quantitative estimate of drug-likeness (QED) is 0.597. The van der Waals surface area contributed by atoms with Crippen molar-refractivity contribution in [3.63, 3.8) is 0 Å². The highest BCUT2D eigenvalue weighted by Gasteiger charge is 2.10. The minimum absolute atomic E-state index is 0.0785. The van der Waals surface area contributed by atoms with Gasteiger partial charge in [-0.15, -0.1) is 0 Å². The monoisotopic (exact) mass is 341 g/mol. The third-order valence-corrected chi connectivity index (χ3v) is 3.60. The maximum absolute atomic E-state index is 11.9. The van der Waals surface area contributed by atoms with Crippen LogP contribution >= 0.6 is 0 Å². The number of nitro groups is 1. The summed E-state index contributed by atoms with van der Waals surface area (Å²) in [5.74, 6) is -0.576. The SMILES string of the molecule is CCc1cccc(NC(=O)CCNC(=O)c2ccc([N+](=O)[O-])cc2)c1. The molecule has 0 radical (unpaired) electrons. The summed E-state index contributed by atoms with van der Waals surface area (Å²) in [4.78, 5) is 33.9. The van der Waals surface area contributed by atoms with Crippen LogP contribution in [0.1, 0.15) is 29.3 Å². The van der Waals surface area contributed by atoms with E-state index in [-0.39, 0.29) is 30.5 Å². The number of carbonyl (C=O) groups excluding carboxylic acids is 2. The summed E-state index contributed by atoms with van der Waals surface area (Å²) < 4.78 is 0. The highest BCUT2D eigenvalue weighted by atomic mass is 16.6. The molecule has 2 rings (SSSR count). The summed E-state index contributed by atoms with van der Waals surface area (Å²) in [5.41, 5.74) is 2.09. The van der Waals surface area contributed by atoms with Gasteiger partial charge >= 0.3 is 0 Å². The molecule has 7 nitrogen and oxygen atoms in total. The van der Waals surface area contributed by atoms with Crippen molar-refractivity contribution in [2.75, 3.05) is 11.9 Å². The molecule has 0 unspecified atom stereocenters. The van der Waals surface area contributed by atoms with Crippen molar-refractivity contribution >= 4 is 23.2 Å². The Labute approximate surface area is 145 Å². The molecule has 0 saturated heterocycles. The number of aryl methyl sites for hydroxylation is 1. The van der Waals surface area contributed by atoms with Crippen LogP contribution < -0.4 is 10.6 Å². The summed E-state index contributed by atoms with van der Waals surface area (Å²) in [6.45, 7) is 2.21. The Morgan fingerprint density at radius 2 is 1.84 bits per heavy atom. The van der Waals surface area contributed by atoms with Gasteiger partial charge in [0, 0.05) is 36.3 Å². The minimum atomic E-state index is -0.528. The Bertz CT molecular complexity index is 772. The smallest absolute Gasteiger partial charge is 0.269 e. The van der Waals surface area contributed by atoms with E-state index in [0.717, 1.165) is 17.7 Å². The van der Waals surface area contributed by atoms with E-state index in [9.17, 15) is 19.7 Å². The van der Waals surface area contributed by atoms with Crippen LogP contribution in [0.4, 0.5) is 11.4 Å². The molecule has 0 bridgehead atoms. The van der Waals surface area contributed by atoms with Gasteiger partial charge in [-0.1, -0.05) is 19.1 Å². The maximum Gasteiger partial charge on any atom is 0.269 e. The van der Waals surface area contributed by atoms with Crippen molar-refractivity contribution in [2.24, 2.45) is 0 Å². The van der Waals surface area contributed by atoms with Gasteiger partial charge in [-0.25, -0.2) is 0 Å². The van der Waals surface area contributed by atoms with Crippen LogP contribution in [-0.2, 0) is 11.2 Å². The number of carbonyl (C=O) groups is 2. The first-order valence-electron chi connectivity index (χ1n) is 7.91. The first-order valence-corrected chi connectivity index (χ1v) is 7.91. The third kappa shape index (κ3) is 5.42. The molecule has 0 saturated carbocycles. The first kappa shape index (κ1) is 18.1. The molecule has 0 aliphatic heterocycles. The molecule has 0 aromatic heterocycles. The molecule has 7 heteroatoms. The van der Waals surface area contributed by atoms with E-state index >= 15 is 0 Å². The average Bonchev–Trinajstić information content (AvgIpc) is 2.61. The van der Waals surface area contributed by atoms with E-state index in [4.69, 9.17) is 0 Å². The molecule has 2 aromatic rings. The van der Waals surface area contributed by atoms with Gasteiger partial charge in [-0.05, 0) is 36.2 Å². The molecule has 0 heterocycles. The van der Waals surface area contributed by atoms with E-state index in [1.54, 1.807) is 0 Å². The van der Waals surface area contributed by atoms with Gasteiger partial charge in [0.2, 0.25) is 5.91 Å². The fourth-order valence-corrected chi connectivity index (χ4v) is 2.22. The van der Waals surface area contributed by atoms with Gasteiger partial charge in [0.05, 0.1) is 4.92 Å². The number of nitro benzene ring substituents is 1. The zero-order chi connectivity index (χ0) is 18.2. The molecule has 0 aliphatic rings. The Morgan fingerprint density at radius 1 is 1.12 bits per heavy atom. The number of non-ortho nitro benzene ring substituents is 1. The molecular formula is C18H19N3O4. The number of anilines is 1. The van der Waals surface area contributed by atoms with Crippen LogP contribution in [-0.4, -0.2) is 23.3 Å². The van der Waals surface area contributed by atoms with Crippen LogP contribution in [0.25, 0.3) is 0 Å². The molecule has 25 heavy (non-hydrogen) atoms.